The lowest BCUT2D eigenvalue weighted by Gasteiger charge is -2.18. The van der Waals surface area contributed by atoms with Gasteiger partial charge in [0.15, 0.2) is 4.80 Å². The molecule has 0 spiro atoms. The van der Waals surface area contributed by atoms with E-state index in [1.165, 1.54) is 28.2 Å². The second-order valence-electron chi connectivity index (χ2n) is 7.80. The van der Waals surface area contributed by atoms with Crippen LogP contribution in [0.2, 0.25) is 0 Å². The van der Waals surface area contributed by atoms with Crippen molar-refractivity contribution in [3.63, 3.8) is 0 Å². The number of thiophene rings is 1. The molecule has 5 heteroatoms. The summed E-state index contributed by atoms with van der Waals surface area (Å²) in [6.45, 7) is 6.58. The Bertz CT molecular complexity index is 1180. The lowest BCUT2D eigenvalue weighted by molar-refractivity contribution is 0.0963. The lowest BCUT2D eigenvalue weighted by Crippen LogP contribution is -2.23. The van der Waals surface area contributed by atoms with E-state index in [0.29, 0.717) is 9.68 Å². The van der Waals surface area contributed by atoms with E-state index in [1.807, 2.05) is 65.4 Å². The number of thiazole rings is 1. The smallest absolute Gasteiger partial charge is 0.267 e. The number of nitrogens with zero attached hydrogens (tertiary/aromatic N) is 2. The topological polar surface area (TPSA) is 34.4 Å². The molecule has 0 fully saturated rings. The average Bonchev–Trinajstić information content (AvgIpc) is 3.38. The van der Waals surface area contributed by atoms with Crippen molar-refractivity contribution in [2.75, 3.05) is 0 Å². The van der Waals surface area contributed by atoms with Gasteiger partial charge in [-0.05, 0) is 40.1 Å². The second-order valence-corrected chi connectivity index (χ2v) is 9.58. The van der Waals surface area contributed by atoms with Crippen LogP contribution in [0, 0.1) is 0 Å². The summed E-state index contributed by atoms with van der Waals surface area (Å²) in [5, 5.41) is 3.92. The quantitative estimate of drug-likeness (QED) is 0.374. The molecule has 2 heterocycles. The van der Waals surface area contributed by atoms with Gasteiger partial charge in [-0.25, -0.2) is 9.56 Å². The molecule has 4 aromatic rings. The molecule has 0 aliphatic heterocycles. The molecule has 0 saturated carbocycles. The van der Waals surface area contributed by atoms with E-state index >= 15 is 0 Å². The Kier molecular flexibility index (Phi) is 5.35. The summed E-state index contributed by atoms with van der Waals surface area (Å²) >= 11 is 2.93. The highest BCUT2D eigenvalue weighted by atomic mass is 32.1. The van der Waals surface area contributed by atoms with Gasteiger partial charge < -0.3 is 0 Å². The van der Waals surface area contributed by atoms with Crippen LogP contribution in [0.1, 0.15) is 36.0 Å². The van der Waals surface area contributed by atoms with Crippen LogP contribution in [-0.4, -0.2) is 10.5 Å². The molecule has 0 saturated heterocycles. The van der Waals surface area contributed by atoms with Gasteiger partial charge in [0.2, 0.25) is 0 Å². The van der Waals surface area contributed by atoms with Gasteiger partial charge in [-0.3, -0.25) is 4.79 Å². The van der Waals surface area contributed by atoms with Gasteiger partial charge in [0.1, 0.15) is 0 Å². The highest BCUT2D eigenvalue weighted by Gasteiger charge is 2.18. The van der Waals surface area contributed by atoms with Crippen molar-refractivity contribution >= 4 is 34.3 Å². The fourth-order valence-electron chi connectivity index (χ4n) is 3.05. The van der Waals surface area contributed by atoms with Crippen LogP contribution < -0.4 is 4.80 Å². The van der Waals surface area contributed by atoms with E-state index < -0.39 is 0 Å². The van der Waals surface area contributed by atoms with Crippen LogP contribution in [0.3, 0.4) is 0 Å². The third-order valence-corrected chi connectivity index (χ3v) is 6.35. The maximum Gasteiger partial charge on any atom is 0.274 e. The molecule has 0 radical (unpaired) electrons. The van der Waals surface area contributed by atoms with Crippen molar-refractivity contribution in [1.29, 1.82) is 0 Å². The summed E-state index contributed by atoms with van der Waals surface area (Å²) < 4.78 is 1.73. The highest BCUT2D eigenvalue weighted by Crippen LogP contribution is 2.25. The van der Waals surface area contributed by atoms with Crippen LogP contribution in [0.5, 0.6) is 0 Å². The zero-order valence-electron chi connectivity index (χ0n) is 16.6. The number of rotatable bonds is 3. The molecule has 0 atom stereocenters. The normalized spacial score (nSPS) is 12.3. The van der Waals surface area contributed by atoms with E-state index in [2.05, 4.69) is 32.9 Å². The van der Waals surface area contributed by atoms with Gasteiger partial charge in [0.25, 0.3) is 5.91 Å². The molecule has 0 aliphatic rings. The number of aromatic nitrogens is 1. The molecule has 0 bridgehead atoms. The van der Waals surface area contributed by atoms with Gasteiger partial charge in [-0.1, -0.05) is 69.3 Å². The molecule has 29 heavy (non-hydrogen) atoms. The van der Waals surface area contributed by atoms with Crippen LogP contribution >= 0.6 is 22.7 Å². The molecule has 0 aliphatic carbocycles. The van der Waals surface area contributed by atoms with Gasteiger partial charge >= 0.3 is 0 Å². The summed E-state index contributed by atoms with van der Waals surface area (Å²) in [6.07, 6.45) is 0. The third-order valence-electron chi connectivity index (χ3n) is 4.67. The zero-order chi connectivity index (χ0) is 20.4. The van der Waals surface area contributed by atoms with Gasteiger partial charge in [0.05, 0.1) is 16.3 Å². The molecule has 2 aromatic carbocycles. The molecule has 3 nitrogen and oxygen atoms in total. The fraction of sp³-hybridized carbons (Fsp3) is 0.167. The second kappa shape index (κ2) is 7.93. The summed E-state index contributed by atoms with van der Waals surface area (Å²) in [5.41, 5.74) is 4.05. The summed E-state index contributed by atoms with van der Waals surface area (Å²) in [4.78, 5) is 19.5. The third kappa shape index (κ3) is 4.16. The first kappa shape index (κ1) is 19.6. The minimum Gasteiger partial charge on any atom is -0.267 e. The summed E-state index contributed by atoms with van der Waals surface area (Å²) in [6, 6.07) is 22.0. The SMILES string of the molecule is CC(C)(C)c1ccc(N=c2scc(-c3ccccc3)n2C(=O)c2cccs2)cc1. The summed E-state index contributed by atoms with van der Waals surface area (Å²) in [5.74, 6) is -0.0508. The van der Waals surface area contributed by atoms with Gasteiger partial charge in [0, 0.05) is 5.38 Å². The number of carbonyl (C=O) groups excluding carboxylic acids is 1. The number of benzene rings is 2. The molecule has 4 rings (SSSR count). The predicted octanol–water partition coefficient (Wildman–Crippen LogP) is 6.50. The van der Waals surface area contributed by atoms with Crippen LogP contribution in [0.15, 0.2) is 82.5 Å². The Morgan fingerprint density at radius 2 is 1.62 bits per heavy atom. The van der Waals surface area contributed by atoms with Crippen molar-refractivity contribution in [2.45, 2.75) is 26.2 Å². The molecule has 2 aromatic heterocycles. The molecule has 0 amide bonds. The first-order valence-corrected chi connectivity index (χ1v) is 11.2. The maximum atomic E-state index is 13.3. The van der Waals surface area contributed by atoms with E-state index in [9.17, 15) is 4.79 Å². The Morgan fingerprint density at radius 1 is 0.897 bits per heavy atom. The Morgan fingerprint density at radius 3 is 2.24 bits per heavy atom. The average molecular weight is 419 g/mol. The molecule has 0 unspecified atom stereocenters. The minimum atomic E-state index is -0.0508. The van der Waals surface area contributed by atoms with Gasteiger partial charge in [-0.2, -0.15) is 0 Å². The standard InChI is InChI=1S/C24H22N2OS2/c1-24(2,3)18-11-13-19(14-12-18)25-23-26(22(27)21-10-7-15-28-21)20(16-29-23)17-8-5-4-6-9-17/h4-16H,1-3H3. The van der Waals surface area contributed by atoms with Crippen molar-refractivity contribution in [1.82, 2.24) is 4.57 Å². The monoisotopic (exact) mass is 418 g/mol. The number of hydrogen-bond acceptors (Lipinski definition) is 4. The number of hydrogen-bond donors (Lipinski definition) is 0. The largest absolute Gasteiger partial charge is 0.274 e. The van der Waals surface area contributed by atoms with Crippen molar-refractivity contribution in [2.24, 2.45) is 4.99 Å². The predicted molar refractivity (Wildman–Crippen MR) is 122 cm³/mol. The Labute approximate surface area is 178 Å². The van der Waals surface area contributed by atoms with E-state index in [1.54, 1.807) is 4.57 Å². The van der Waals surface area contributed by atoms with Crippen LogP contribution in [0.25, 0.3) is 11.3 Å². The van der Waals surface area contributed by atoms with Crippen molar-refractivity contribution in [3.8, 4) is 11.3 Å². The first-order chi connectivity index (χ1) is 13.9. The van der Waals surface area contributed by atoms with Crippen LogP contribution in [-0.2, 0) is 5.41 Å². The highest BCUT2D eigenvalue weighted by molar-refractivity contribution is 7.12. The minimum absolute atomic E-state index is 0.0508. The maximum absolute atomic E-state index is 13.3. The van der Waals surface area contributed by atoms with Gasteiger partial charge in [-0.15, -0.1) is 22.7 Å². The van der Waals surface area contributed by atoms with Crippen LogP contribution in [0.4, 0.5) is 5.69 Å². The Balaban J connectivity index is 1.84. The molecule has 0 N–H and O–H groups in total. The molecule has 146 valence electrons. The lowest BCUT2D eigenvalue weighted by atomic mass is 9.87. The first-order valence-electron chi connectivity index (χ1n) is 9.43. The van der Waals surface area contributed by atoms with E-state index in [-0.39, 0.29) is 11.3 Å². The zero-order valence-corrected chi connectivity index (χ0v) is 18.3. The van der Waals surface area contributed by atoms with E-state index in [4.69, 9.17) is 4.99 Å². The van der Waals surface area contributed by atoms with Crippen molar-refractivity contribution < 1.29 is 4.79 Å². The molecular formula is C24H22N2OS2. The Hall–Kier alpha value is -2.76. The summed E-state index contributed by atoms with van der Waals surface area (Å²) in [7, 11) is 0. The van der Waals surface area contributed by atoms with Crippen molar-refractivity contribution in [3.05, 3.63) is 92.7 Å². The fourth-order valence-corrected chi connectivity index (χ4v) is 4.61. The molecular weight excluding hydrogens is 396 g/mol. The van der Waals surface area contributed by atoms with E-state index in [0.717, 1.165) is 16.9 Å². The number of carbonyl (C=O) groups is 1.